The van der Waals surface area contributed by atoms with Gasteiger partial charge in [-0.2, -0.15) is 5.06 Å². The van der Waals surface area contributed by atoms with Crippen LogP contribution in [0.4, 0.5) is 10.5 Å². The maximum atomic E-state index is 11.9. The van der Waals surface area contributed by atoms with Crippen LogP contribution in [0, 0.1) is 0 Å². The summed E-state index contributed by atoms with van der Waals surface area (Å²) in [6.45, 7) is 5.61. The topological polar surface area (TPSA) is 80.3 Å². The highest BCUT2D eigenvalue weighted by atomic mass is 16.6. The molecule has 0 spiro atoms. The third-order valence-corrected chi connectivity index (χ3v) is 2.59. The Kier molecular flexibility index (Phi) is 6.01. The van der Waals surface area contributed by atoms with Crippen LogP contribution in [0.2, 0.25) is 0 Å². The van der Waals surface area contributed by atoms with Crippen LogP contribution in [-0.2, 0) is 11.3 Å². The summed E-state index contributed by atoms with van der Waals surface area (Å²) < 4.78 is 15.8. The lowest BCUT2D eigenvalue weighted by Gasteiger charge is -2.21. The van der Waals surface area contributed by atoms with E-state index < -0.39 is 11.7 Å². The molecule has 0 radical (unpaired) electrons. The van der Waals surface area contributed by atoms with Gasteiger partial charge in [-0.3, -0.25) is 5.32 Å². The normalized spacial score (nSPS) is 11.3. The molecule has 0 bridgehead atoms. The van der Waals surface area contributed by atoms with Crippen molar-refractivity contribution in [3.8, 4) is 11.5 Å². The quantitative estimate of drug-likeness (QED) is 0.814. The Balaban J connectivity index is 3.11. The largest absolute Gasteiger partial charge is 0.493 e. The molecule has 0 fully saturated rings. The number of amides is 1. The molecule has 0 saturated carbocycles. The molecule has 1 amide bonds. The number of carbonyl (C=O) groups is 1. The summed E-state index contributed by atoms with van der Waals surface area (Å²) in [4.78, 5) is 11.9. The summed E-state index contributed by atoms with van der Waals surface area (Å²) in [5.41, 5.74) is 0.547. The molecule has 7 nitrogen and oxygen atoms in total. The molecule has 7 heteroatoms. The number of nitrogens with one attached hydrogen (secondary N) is 1. The van der Waals surface area contributed by atoms with E-state index in [0.717, 1.165) is 10.6 Å². The third kappa shape index (κ3) is 5.42. The zero-order valence-corrected chi connectivity index (χ0v) is 13.9. The Hall–Kier alpha value is -1.99. The van der Waals surface area contributed by atoms with Crippen LogP contribution < -0.4 is 14.8 Å². The first-order valence-electron chi connectivity index (χ1n) is 6.81. The summed E-state index contributed by atoms with van der Waals surface area (Å²) >= 11 is 0. The molecule has 0 aromatic heterocycles. The minimum absolute atomic E-state index is 0.267. The van der Waals surface area contributed by atoms with Crippen LogP contribution in [0.15, 0.2) is 12.1 Å². The number of hydroxylamine groups is 2. The summed E-state index contributed by atoms with van der Waals surface area (Å²) in [6, 6.07) is 3.42. The number of methoxy groups -OCH3 is 2. The van der Waals surface area contributed by atoms with Gasteiger partial charge in [0, 0.05) is 13.6 Å². The van der Waals surface area contributed by atoms with E-state index in [2.05, 4.69) is 5.32 Å². The molecule has 0 aliphatic rings. The van der Waals surface area contributed by atoms with Crippen LogP contribution >= 0.6 is 0 Å². The van der Waals surface area contributed by atoms with Crippen LogP contribution in [-0.4, -0.2) is 43.2 Å². The first kappa shape index (κ1) is 18.1. The van der Waals surface area contributed by atoms with E-state index in [9.17, 15) is 10.0 Å². The molecule has 22 heavy (non-hydrogen) atoms. The number of ether oxygens (including phenoxy) is 3. The van der Waals surface area contributed by atoms with Gasteiger partial charge in [-0.25, -0.2) is 4.79 Å². The van der Waals surface area contributed by atoms with Gasteiger partial charge in [0.15, 0.2) is 11.5 Å². The molecule has 1 aromatic carbocycles. The average Bonchev–Trinajstić information content (AvgIpc) is 2.34. The van der Waals surface area contributed by atoms with Crippen molar-refractivity contribution in [3.63, 3.8) is 0 Å². The zero-order valence-electron chi connectivity index (χ0n) is 13.9. The Morgan fingerprint density at radius 2 is 1.91 bits per heavy atom. The van der Waals surface area contributed by atoms with Gasteiger partial charge >= 0.3 is 6.09 Å². The first-order chi connectivity index (χ1) is 10.2. The molecule has 0 saturated heterocycles. The van der Waals surface area contributed by atoms with Crippen molar-refractivity contribution in [3.05, 3.63) is 17.7 Å². The molecule has 0 atom stereocenters. The number of carbonyl (C=O) groups excluding carboxylic acids is 1. The molecule has 124 valence electrons. The minimum Gasteiger partial charge on any atom is -0.493 e. The van der Waals surface area contributed by atoms with E-state index in [4.69, 9.17) is 14.2 Å². The fourth-order valence-corrected chi connectivity index (χ4v) is 1.88. The zero-order chi connectivity index (χ0) is 16.9. The highest BCUT2D eigenvalue weighted by Crippen LogP contribution is 2.37. The second kappa shape index (κ2) is 7.33. The lowest BCUT2D eigenvalue weighted by atomic mass is 10.1. The number of rotatable bonds is 5. The molecule has 0 aliphatic heterocycles. The van der Waals surface area contributed by atoms with Crippen molar-refractivity contribution in [1.82, 2.24) is 5.06 Å². The van der Waals surface area contributed by atoms with Crippen molar-refractivity contribution in [2.24, 2.45) is 0 Å². The van der Waals surface area contributed by atoms with Crippen molar-refractivity contribution < 1.29 is 24.2 Å². The van der Waals surface area contributed by atoms with Crippen LogP contribution in [0.25, 0.3) is 0 Å². The number of benzene rings is 1. The van der Waals surface area contributed by atoms with Gasteiger partial charge in [0.2, 0.25) is 0 Å². The van der Waals surface area contributed by atoms with Gasteiger partial charge in [0.1, 0.15) is 5.60 Å². The van der Waals surface area contributed by atoms with E-state index in [1.807, 2.05) is 0 Å². The van der Waals surface area contributed by atoms with E-state index in [0.29, 0.717) is 17.2 Å². The minimum atomic E-state index is -0.607. The second-order valence-corrected chi connectivity index (χ2v) is 5.82. The summed E-state index contributed by atoms with van der Waals surface area (Å²) in [5, 5.41) is 13.0. The highest BCUT2D eigenvalue weighted by Gasteiger charge is 2.20. The lowest BCUT2D eigenvalue weighted by Crippen LogP contribution is -2.27. The Morgan fingerprint density at radius 3 is 2.36 bits per heavy atom. The lowest BCUT2D eigenvalue weighted by molar-refractivity contribution is -0.0731. The van der Waals surface area contributed by atoms with E-state index in [1.165, 1.54) is 21.3 Å². The predicted molar refractivity (Wildman–Crippen MR) is 82.7 cm³/mol. The number of hydrogen-bond donors (Lipinski definition) is 2. The van der Waals surface area contributed by atoms with E-state index in [-0.39, 0.29) is 6.54 Å². The molecule has 0 heterocycles. The van der Waals surface area contributed by atoms with E-state index in [1.54, 1.807) is 32.9 Å². The summed E-state index contributed by atoms with van der Waals surface area (Å²) in [5.74, 6) is 0.839. The van der Waals surface area contributed by atoms with Gasteiger partial charge in [-0.15, -0.1) is 0 Å². The average molecular weight is 312 g/mol. The maximum absolute atomic E-state index is 11.9. The molecule has 0 aliphatic carbocycles. The molecule has 2 N–H and O–H groups in total. The SMILES string of the molecule is COc1cc(CN(C)O)cc(NC(=O)OC(C)(C)C)c1OC. The molecular formula is C15H24N2O5. The van der Waals surface area contributed by atoms with Gasteiger partial charge in [-0.1, -0.05) is 0 Å². The van der Waals surface area contributed by atoms with Crippen LogP contribution in [0.3, 0.4) is 0 Å². The second-order valence-electron chi connectivity index (χ2n) is 5.82. The van der Waals surface area contributed by atoms with Gasteiger partial charge < -0.3 is 19.4 Å². The van der Waals surface area contributed by atoms with Gasteiger partial charge in [0.05, 0.1) is 19.9 Å². The number of hydrogen-bond acceptors (Lipinski definition) is 6. The number of nitrogens with zero attached hydrogens (tertiary/aromatic N) is 1. The van der Waals surface area contributed by atoms with Crippen LogP contribution in [0.1, 0.15) is 26.3 Å². The first-order valence-corrected chi connectivity index (χ1v) is 6.81. The highest BCUT2D eigenvalue weighted by molar-refractivity contribution is 5.88. The Bertz CT molecular complexity index is 523. The summed E-state index contributed by atoms with van der Waals surface area (Å²) in [7, 11) is 4.51. The van der Waals surface area contributed by atoms with Crippen molar-refractivity contribution in [1.29, 1.82) is 0 Å². The fourth-order valence-electron chi connectivity index (χ4n) is 1.88. The van der Waals surface area contributed by atoms with Crippen molar-refractivity contribution in [2.75, 3.05) is 26.6 Å². The molecule has 1 rings (SSSR count). The monoisotopic (exact) mass is 312 g/mol. The third-order valence-electron chi connectivity index (χ3n) is 2.59. The standard InChI is InChI=1S/C15H24N2O5/c1-15(2,3)22-14(18)16-11-7-10(9-17(4)19)8-12(20-5)13(11)21-6/h7-8,19H,9H2,1-6H3,(H,16,18). The van der Waals surface area contributed by atoms with Gasteiger partial charge in [-0.05, 0) is 38.5 Å². The Labute approximate surface area is 130 Å². The summed E-state index contributed by atoms with van der Waals surface area (Å²) in [6.07, 6.45) is -0.595. The molecular weight excluding hydrogens is 288 g/mol. The van der Waals surface area contributed by atoms with Crippen LogP contribution in [0.5, 0.6) is 11.5 Å². The number of anilines is 1. The molecule has 1 aromatic rings. The predicted octanol–water partition coefficient (Wildman–Crippen LogP) is 2.87. The van der Waals surface area contributed by atoms with Gasteiger partial charge in [0.25, 0.3) is 0 Å². The smallest absolute Gasteiger partial charge is 0.412 e. The van der Waals surface area contributed by atoms with Crippen molar-refractivity contribution >= 4 is 11.8 Å². The fraction of sp³-hybridized carbons (Fsp3) is 0.533. The van der Waals surface area contributed by atoms with E-state index >= 15 is 0 Å². The Morgan fingerprint density at radius 1 is 1.27 bits per heavy atom. The molecule has 0 unspecified atom stereocenters. The van der Waals surface area contributed by atoms with Crippen molar-refractivity contribution in [2.45, 2.75) is 32.9 Å². The maximum Gasteiger partial charge on any atom is 0.412 e.